The number of hydrogen-bond donors (Lipinski definition) is 0. The molecule has 1 aliphatic heterocycles. The van der Waals surface area contributed by atoms with Crippen LogP contribution in [0.25, 0.3) is 0 Å². The molecule has 2 heterocycles. The lowest BCUT2D eigenvalue weighted by Gasteiger charge is -2.33. The molecule has 1 aromatic heterocycles. The summed E-state index contributed by atoms with van der Waals surface area (Å²) in [6.07, 6.45) is 1.76. The maximum absolute atomic E-state index is 12.0. The Hall–Kier alpha value is -2.30. The van der Waals surface area contributed by atoms with Crippen LogP contribution in [-0.2, 0) is 11.2 Å². The molecule has 3 rings (SSSR count). The number of nitrogens with zero attached hydrogens (tertiary/aromatic N) is 2. The quantitative estimate of drug-likeness (QED) is 0.801. The Morgan fingerprint density at radius 1 is 1.50 bits per heavy atom. The average molecular weight is 272 g/mol. The van der Waals surface area contributed by atoms with Gasteiger partial charge < -0.3 is 9.15 Å². The molecule has 0 spiro atoms. The minimum absolute atomic E-state index is 0.246. The SMILES string of the molecule is COC(=O)N1CCc2ocnc2C1c1cccc(C)c1. The standard InChI is InChI=1S/C15H16N2O3/c1-10-4-3-5-11(8-10)14-13-12(20-9-16-13)6-7-17(14)15(18)19-2/h3-5,8-9,14H,6-7H2,1-2H3. The van der Waals surface area contributed by atoms with Gasteiger partial charge in [-0.25, -0.2) is 9.78 Å². The van der Waals surface area contributed by atoms with Crippen molar-refractivity contribution in [2.45, 2.75) is 19.4 Å². The smallest absolute Gasteiger partial charge is 0.410 e. The van der Waals surface area contributed by atoms with Crippen LogP contribution >= 0.6 is 0 Å². The van der Waals surface area contributed by atoms with Crippen molar-refractivity contribution >= 4 is 6.09 Å². The lowest BCUT2D eigenvalue weighted by atomic mass is 9.95. The number of aryl methyl sites for hydroxylation is 1. The van der Waals surface area contributed by atoms with E-state index in [-0.39, 0.29) is 12.1 Å². The van der Waals surface area contributed by atoms with Gasteiger partial charge in [-0.3, -0.25) is 4.90 Å². The second kappa shape index (κ2) is 5.00. The van der Waals surface area contributed by atoms with E-state index in [2.05, 4.69) is 11.1 Å². The molecule has 5 nitrogen and oxygen atoms in total. The first-order valence-corrected chi connectivity index (χ1v) is 6.54. The number of methoxy groups -OCH3 is 1. The molecule has 20 heavy (non-hydrogen) atoms. The number of aromatic nitrogens is 1. The van der Waals surface area contributed by atoms with Gasteiger partial charge in [0, 0.05) is 13.0 Å². The number of rotatable bonds is 1. The van der Waals surface area contributed by atoms with Crippen LogP contribution in [0.15, 0.2) is 35.1 Å². The van der Waals surface area contributed by atoms with E-state index in [1.165, 1.54) is 13.5 Å². The van der Waals surface area contributed by atoms with Gasteiger partial charge in [0.2, 0.25) is 0 Å². The number of carbonyl (C=O) groups is 1. The van der Waals surface area contributed by atoms with Gasteiger partial charge in [0.1, 0.15) is 17.5 Å². The van der Waals surface area contributed by atoms with Gasteiger partial charge in [-0.05, 0) is 12.5 Å². The van der Waals surface area contributed by atoms with Gasteiger partial charge >= 0.3 is 6.09 Å². The fourth-order valence-corrected chi connectivity index (χ4v) is 2.68. The van der Waals surface area contributed by atoms with Crippen molar-refractivity contribution in [1.29, 1.82) is 0 Å². The highest BCUT2D eigenvalue weighted by molar-refractivity contribution is 5.69. The lowest BCUT2D eigenvalue weighted by molar-refractivity contribution is 0.106. The third-order valence-corrected chi connectivity index (χ3v) is 3.59. The summed E-state index contributed by atoms with van der Waals surface area (Å²) in [4.78, 5) is 18.0. The molecule has 0 N–H and O–H groups in total. The molecule has 0 bridgehead atoms. The molecule has 104 valence electrons. The molecule has 1 unspecified atom stereocenters. The van der Waals surface area contributed by atoms with E-state index in [4.69, 9.17) is 9.15 Å². The number of fused-ring (bicyclic) bond motifs is 1. The molecular weight excluding hydrogens is 256 g/mol. The van der Waals surface area contributed by atoms with Crippen LogP contribution < -0.4 is 0 Å². The summed E-state index contributed by atoms with van der Waals surface area (Å²) in [5.74, 6) is 0.844. The van der Waals surface area contributed by atoms with Crippen molar-refractivity contribution in [1.82, 2.24) is 9.88 Å². The Morgan fingerprint density at radius 2 is 2.35 bits per heavy atom. The number of carbonyl (C=O) groups excluding carboxylic acids is 1. The molecule has 0 aliphatic carbocycles. The monoisotopic (exact) mass is 272 g/mol. The van der Waals surface area contributed by atoms with Crippen LogP contribution in [0, 0.1) is 6.92 Å². The highest BCUT2D eigenvalue weighted by atomic mass is 16.5. The van der Waals surface area contributed by atoms with Gasteiger partial charge in [-0.15, -0.1) is 0 Å². The number of oxazole rings is 1. The second-order valence-corrected chi connectivity index (χ2v) is 4.89. The first-order valence-electron chi connectivity index (χ1n) is 6.54. The van der Waals surface area contributed by atoms with Crippen LogP contribution in [0.2, 0.25) is 0 Å². The Bertz CT molecular complexity index is 636. The number of ether oxygens (including phenoxy) is 1. The van der Waals surface area contributed by atoms with Gasteiger partial charge in [-0.2, -0.15) is 0 Å². The maximum Gasteiger partial charge on any atom is 0.410 e. The highest BCUT2D eigenvalue weighted by Crippen LogP contribution is 2.34. The topological polar surface area (TPSA) is 55.6 Å². The van der Waals surface area contributed by atoms with Crippen molar-refractivity contribution in [2.24, 2.45) is 0 Å². The van der Waals surface area contributed by atoms with E-state index < -0.39 is 0 Å². The molecule has 0 fully saturated rings. The molecule has 1 amide bonds. The third-order valence-electron chi connectivity index (χ3n) is 3.59. The first kappa shape index (κ1) is 12.7. The summed E-state index contributed by atoms with van der Waals surface area (Å²) in [7, 11) is 1.40. The summed E-state index contributed by atoms with van der Waals surface area (Å²) in [5.41, 5.74) is 2.96. The van der Waals surface area contributed by atoms with Crippen LogP contribution in [0.3, 0.4) is 0 Å². The Kier molecular flexibility index (Phi) is 3.18. The second-order valence-electron chi connectivity index (χ2n) is 4.89. The third kappa shape index (κ3) is 2.05. The zero-order valence-corrected chi connectivity index (χ0v) is 11.5. The normalized spacial score (nSPS) is 17.7. The molecule has 1 atom stereocenters. The maximum atomic E-state index is 12.0. The molecule has 5 heteroatoms. The van der Waals surface area contributed by atoms with Gasteiger partial charge in [-0.1, -0.05) is 29.8 Å². The predicted molar refractivity (Wildman–Crippen MR) is 72.3 cm³/mol. The van der Waals surface area contributed by atoms with E-state index in [1.54, 1.807) is 4.90 Å². The van der Waals surface area contributed by atoms with Crippen LogP contribution in [-0.4, -0.2) is 29.6 Å². The molecule has 0 saturated heterocycles. The summed E-state index contributed by atoms with van der Waals surface area (Å²) in [5, 5.41) is 0. The summed E-state index contributed by atoms with van der Waals surface area (Å²) in [6, 6.07) is 7.82. The summed E-state index contributed by atoms with van der Waals surface area (Å²) >= 11 is 0. The lowest BCUT2D eigenvalue weighted by Crippen LogP contribution is -2.40. The zero-order valence-electron chi connectivity index (χ0n) is 11.5. The van der Waals surface area contributed by atoms with Crippen molar-refractivity contribution in [3.05, 3.63) is 53.2 Å². The van der Waals surface area contributed by atoms with E-state index in [0.29, 0.717) is 13.0 Å². The first-order chi connectivity index (χ1) is 9.70. The van der Waals surface area contributed by atoms with E-state index >= 15 is 0 Å². The van der Waals surface area contributed by atoms with Gasteiger partial charge in [0.25, 0.3) is 0 Å². The fraction of sp³-hybridized carbons (Fsp3) is 0.333. The Morgan fingerprint density at radius 3 is 3.10 bits per heavy atom. The molecule has 2 aromatic rings. The Balaban J connectivity index is 2.09. The molecule has 1 aromatic carbocycles. The van der Waals surface area contributed by atoms with E-state index in [1.807, 2.05) is 25.1 Å². The average Bonchev–Trinajstić information content (AvgIpc) is 2.93. The predicted octanol–water partition coefficient (Wildman–Crippen LogP) is 2.70. The van der Waals surface area contributed by atoms with Crippen molar-refractivity contribution in [2.75, 3.05) is 13.7 Å². The minimum atomic E-state index is -0.342. The van der Waals surface area contributed by atoms with Crippen molar-refractivity contribution in [3.8, 4) is 0 Å². The fourth-order valence-electron chi connectivity index (χ4n) is 2.68. The van der Waals surface area contributed by atoms with E-state index in [9.17, 15) is 4.79 Å². The summed E-state index contributed by atoms with van der Waals surface area (Å²) in [6.45, 7) is 2.59. The highest BCUT2D eigenvalue weighted by Gasteiger charge is 2.35. The number of hydrogen-bond acceptors (Lipinski definition) is 4. The Labute approximate surface area is 117 Å². The number of benzene rings is 1. The number of amides is 1. The zero-order chi connectivity index (χ0) is 14.1. The molecule has 1 aliphatic rings. The molecule has 0 saturated carbocycles. The van der Waals surface area contributed by atoms with Gasteiger partial charge in [0.15, 0.2) is 6.39 Å². The molecular formula is C15H16N2O3. The van der Waals surface area contributed by atoms with Gasteiger partial charge in [0.05, 0.1) is 7.11 Å². The van der Waals surface area contributed by atoms with Crippen LogP contribution in [0.5, 0.6) is 0 Å². The summed E-state index contributed by atoms with van der Waals surface area (Å²) < 4.78 is 10.3. The van der Waals surface area contributed by atoms with Crippen LogP contribution in [0.1, 0.15) is 28.6 Å². The largest absolute Gasteiger partial charge is 0.453 e. The van der Waals surface area contributed by atoms with Crippen molar-refractivity contribution in [3.63, 3.8) is 0 Å². The minimum Gasteiger partial charge on any atom is -0.453 e. The van der Waals surface area contributed by atoms with Crippen LogP contribution in [0.4, 0.5) is 4.79 Å². The molecule has 0 radical (unpaired) electrons. The van der Waals surface area contributed by atoms with E-state index in [0.717, 1.165) is 22.6 Å². The van der Waals surface area contributed by atoms with Crippen molar-refractivity contribution < 1.29 is 13.9 Å².